The van der Waals surface area contributed by atoms with Crippen molar-refractivity contribution in [1.82, 2.24) is 0 Å². The lowest BCUT2D eigenvalue weighted by atomic mass is 10.2. The number of benzene rings is 1. The minimum atomic E-state index is -0.300. The van der Waals surface area contributed by atoms with E-state index in [1.807, 2.05) is 6.07 Å². The lowest BCUT2D eigenvalue weighted by Gasteiger charge is -2.27. The summed E-state index contributed by atoms with van der Waals surface area (Å²) >= 11 is 0. The van der Waals surface area contributed by atoms with Crippen LogP contribution in [0.3, 0.4) is 0 Å². The summed E-state index contributed by atoms with van der Waals surface area (Å²) in [7, 11) is 1.54. The molecule has 2 heterocycles. The lowest BCUT2D eigenvalue weighted by molar-refractivity contribution is -0.922. The van der Waals surface area contributed by atoms with Crippen LogP contribution in [0.5, 0.6) is 5.75 Å². The topological polar surface area (TPSA) is 60.3 Å². The highest BCUT2D eigenvalue weighted by Crippen LogP contribution is 2.31. The monoisotopic (exact) mass is 291 g/mol. The van der Waals surface area contributed by atoms with E-state index in [-0.39, 0.29) is 24.3 Å². The zero-order valence-corrected chi connectivity index (χ0v) is 12.0. The highest BCUT2D eigenvalue weighted by Gasteiger charge is 2.46. The van der Waals surface area contributed by atoms with Gasteiger partial charge in [-0.05, 0) is 12.1 Å². The zero-order valence-electron chi connectivity index (χ0n) is 12.0. The predicted octanol–water partition coefficient (Wildman–Crippen LogP) is -0.758. The normalized spacial score (nSPS) is 23.7. The van der Waals surface area contributed by atoms with E-state index in [0.29, 0.717) is 24.7 Å². The molecular formula is C15H19N2O4+. The maximum Gasteiger partial charge on any atom is 0.292 e. The second kappa shape index (κ2) is 5.83. The third kappa shape index (κ3) is 2.52. The van der Waals surface area contributed by atoms with Crippen molar-refractivity contribution in [3.05, 3.63) is 24.3 Å². The van der Waals surface area contributed by atoms with Crippen LogP contribution < -0.4 is 14.5 Å². The number of rotatable bonds is 3. The molecule has 0 spiro atoms. The van der Waals surface area contributed by atoms with Crippen LogP contribution in [0, 0.1) is 0 Å². The summed E-state index contributed by atoms with van der Waals surface area (Å²) < 4.78 is 10.6. The number of hydrogen-bond donors (Lipinski definition) is 1. The van der Waals surface area contributed by atoms with E-state index in [2.05, 4.69) is 0 Å². The Bertz CT molecular complexity index is 554. The molecule has 0 saturated carbocycles. The van der Waals surface area contributed by atoms with Gasteiger partial charge < -0.3 is 14.4 Å². The Hall–Kier alpha value is -1.92. The molecule has 1 N–H and O–H groups in total. The van der Waals surface area contributed by atoms with Crippen molar-refractivity contribution in [3.63, 3.8) is 0 Å². The van der Waals surface area contributed by atoms with Crippen molar-refractivity contribution in [2.45, 2.75) is 12.5 Å². The van der Waals surface area contributed by atoms with Crippen LogP contribution in [-0.2, 0) is 14.3 Å². The number of morpholine rings is 1. The van der Waals surface area contributed by atoms with Gasteiger partial charge in [0.05, 0.1) is 32.4 Å². The first-order valence-electron chi connectivity index (χ1n) is 7.14. The Labute approximate surface area is 123 Å². The van der Waals surface area contributed by atoms with Gasteiger partial charge in [-0.3, -0.25) is 9.59 Å². The number of quaternary nitrogens is 1. The molecule has 0 unspecified atom stereocenters. The fourth-order valence-corrected chi connectivity index (χ4v) is 3.00. The number of ether oxygens (including phenoxy) is 2. The molecule has 112 valence electrons. The summed E-state index contributed by atoms with van der Waals surface area (Å²) in [6.45, 7) is 2.82. The number of nitrogens with one attached hydrogen (secondary N) is 1. The molecule has 2 fully saturated rings. The van der Waals surface area contributed by atoms with E-state index in [4.69, 9.17) is 9.47 Å². The Kier molecular flexibility index (Phi) is 3.90. The zero-order chi connectivity index (χ0) is 14.8. The average Bonchev–Trinajstić information content (AvgIpc) is 2.83. The van der Waals surface area contributed by atoms with Gasteiger partial charge in [0, 0.05) is 0 Å². The van der Waals surface area contributed by atoms with Crippen LogP contribution in [0.15, 0.2) is 24.3 Å². The molecule has 6 nitrogen and oxygen atoms in total. The first-order chi connectivity index (χ1) is 10.2. The number of anilines is 1. The van der Waals surface area contributed by atoms with Gasteiger partial charge in [-0.15, -0.1) is 0 Å². The molecule has 6 heteroatoms. The van der Waals surface area contributed by atoms with Gasteiger partial charge in [0.2, 0.25) is 5.91 Å². The van der Waals surface area contributed by atoms with E-state index >= 15 is 0 Å². The molecule has 1 aromatic carbocycles. The second-order valence-electron chi connectivity index (χ2n) is 5.27. The molecule has 2 aliphatic rings. The molecule has 2 saturated heterocycles. The molecule has 1 atom stereocenters. The molecule has 0 aromatic heterocycles. The maximum atomic E-state index is 12.7. The van der Waals surface area contributed by atoms with Gasteiger partial charge in [-0.1, -0.05) is 12.1 Å². The number of methoxy groups -OCH3 is 1. The van der Waals surface area contributed by atoms with Crippen molar-refractivity contribution in [2.24, 2.45) is 0 Å². The number of carbonyl (C=O) groups is 2. The van der Waals surface area contributed by atoms with Gasteiger partial charge in [0.1, 0.15) is 18.8 Å². The van der Waals surface area contributed by atoms with Crippen molar-refractivity contribution < 1.29 is 24.0 Å². The summed E-state index contributed by atoms with van der Waals surface area (Å²) in [4.78, 5) is 27.4. The SMILES string of the molecule is COc1ccccc1N1C(=O)C[C@H]([NH+]2CCOCC2)C1=O. The van der Waals surface area contributed by atoms with E-state index in [1.165, 1.54) is 12.0 Å². The quantitative estimate of drug-likeness (QED) is 0.744. The highest BCUT2D eigenvalue weighted by atomic mass is 16.5. The van der Waals surface area contributed by atoms with Crippen LogP contribution in [0.25, 0.3) is 0 Å². The lowest BCUT2D eigenvalue weighted by Crippen LogP contribution is -3.18. The molecule has 0 radical (unpaired) electrons. The largest absolute Gasteiger partial charge is 0.495 e. The molecular weight excluding hydrogens is 272 g/mol. The molecule has 3 rings (SSSR count). The van der Waals surface area contributed by atoms with Crippen molar-refractivity contribution >= 4 is 17.5 Å². The minimum Gasteiger partial charge on any atom is -0.495 e. The fourth-order valence-electron chi connectivity index (χ4n) is 3.00. The Morgan fingerprint density at radius 3 is 2.67 bits per heavy atom. The summed E-state index contributed by atoms with van der Waals surface area (Å²) in [5, 5.41) is 0. The summed E-state index contributed by atoms with van der Waals surface area (Å²) in [6, 6.07) is 6.81. The second-order valence-corrected chi connectivity index (χ2v) is 5.27. The third-order valence-electron chi connectivity index (χ3n) is 4.10. The van der Waals surface area contributed by atoms with E-state index in [1.54, 1.807) is 18.2 Å². The standard InChI is InChI=1S/C15H18N2O4/c1-20-13-5-3-2-4-11(13)17-14(18)10-12(15(17)19)16-6-8-21-9-7-16/h2-5,12H,6-10H2,1H3/p+1/t12-/m0/s1. The predicted molar refractivity (Wildman–Crippen MR) is 75.4 cm³/mol. The number of nitrogens with zero attached hydrogens (tertiary/aromatic N) is 1. The van der Waals surface area contributed by atoms with Gasteiger partial charge in [0.15, 0.2) is 6.04 Å². The van der Waals surface area contributed by atoms with Gasteiger partial charge in [0.25, 0.3) is 5.91 Å². The van der Waals surface area contributed by atoms with Crippen LogP contribution in [0.2, 0.25) is 0 Å². The molecule has 2 aliphatic heterocycles. The Balaban J connectivity index is 1.86. The number of amides is 2. The Morgan fingerprint density at radius 1 is 1.24 bits per heavy atom. The van der Waals surface area contributed by atoms with Gasteiger partial charge >= 0.3 is 0 Å². The van der Waals surface area contributed by atoms with Crippen LogP contribution in [0.4, 0.5) is 5.69 Å². The van der Waals surface area contributed by atoms with Crippen LogP contribution in [0.1, 0.15) is 6.42 Å². The minimum absolute atomic E-state index is 0.138. The van der Waals surface area contributed by atoms with E-state index in [9.17, 15) is 9.59 Å². The number of hydrogen-bond acceptors (Lipinski definition) is 4. The number of imide groups is 1. The summed E-state index contributed by atoms with van der Waals surface area (Å²) in [6.07, 6.45) is 0.256. The van der Waals surface area contributed by atoms with Crippen LogP contribution in [-0.4, -0.2) is 51.3 Å². The van der Waals surface area contributed by atoms with Crippen molar-refractivity contribution in [2.75, 3.05) is 38.3 Å². The molecule has 21 heavy (non-hydrogen) atoms. The van der Waals surface area contributed by atoms with E-state index < -0.39 is 0 Å². The van der Waals surface area contributed by atoms with Gasteiger partial charge in [-0.25, -0.2) is 4.90 Å². The smallest absolute Gasteiger partial charge is 0.292 e. The summed E-state index contributed by atoms with van der Waals surface area (Å²) in [5.41, 5.74) is 0.533. The van der Waals surface area contributed by atoms with Gasteiger partial charge in [-0.2, -0.15) is 0 Å². The third-order valence-corrected chi connectivity index (χ3v) is 4.10. The molecule has 0 aliphatic carbocycles. The number of carbonyl (C=O) groups excluding carboxylic acids is 2. The number of para-hydroxylation sites is 2. The first kappa shape index (κ1) is 14.0. The fraction of sp³-hybridized carbons (Fsp3) is 0.467. The first-order valence-corrected chi connectivity index (χ1v) is 7.14. The van der Waals surface area contributed by atoms with Crippen molar-refractivity contribution in [1.29, 1.82) is 0 Å². The summed E-state index contributed by atoms with van der Waals surface area (Å²) in [5.74, 6) is 0.242. The Morgan fingerprint density at radius 2 is 1.95 bits per heavy atom. The van der Waals surface area contributed by atoms with Crippen molar-refractivity contribution in [3.8, 4) is 5.75 Å². The highest BCUT2D eigenvalue weighted by molar-refractivity contribution is 6.22. The van der Waals surface area contributed by atoms with E-state index in [0.717, 1.165) is 18.0 Å². The molecule has 0 bridgehead atoms. The molecule has 1 aromatic rings. The molecule has 2 amide bonds. The maximum absolute atomic E-state index is 12.7. The average molecular weight is 291 g/mol. The van der Waals surface area contributed by atoms with Crippen LogP contribution >= 0.6 is 0 Å².